The zero-order valence-corrected chi connectivity index (χ0v) is 15.0. The Kier molecular flexibility index (Phi) is 21.1. The molecule has 0 spiro atoms. The maximum Gasteiger partial charge on any atom is 1.00 e. The van der Waals surface area contributed by atoms with Gasteiger partial charge in [-0.05, 0) is 13.0 Å². The van der Waals surface area contributed by atoms with E-state index in [4.69, 9.17) is 5.11 Å². The second-order valence-corrected chi connectivity index (χ2v) is 5.08. The van der Waals surface area contributed by atoms with E-state index in [1.165, 1.54) is 64.2 Å². The summed E-state index contributed by atoms with van der Waals surface area (Å²) < 4.78 is 0. The van der Waals surface area contributed by atoms with Crippen molar-refractivity contribution in [3.05, 3.63) is 0 Å². The van der Waals surface area contributed by atoms with Crippen LogP contribution in [0.25, 0.3) is 0 Å². The van der Waals surface area contributed by atoms with Crippen LogP contribution in [-0.2, 0) is 4.79 Å². The monoisotopic (exact) mass is 281 g/mol. The van der Waals surface area contributed by atoms with Crippen LogP contribution in [0.4, 0.5) is 0 Å². The van der Waals surface area contributed by atoms with Crippen molar-refractivity contribution in [1.29, 1.82) is 0 Å². The molecule has 0 aromatic rings. The Morgan fingerprint density at radius 2 is 1.37 bits per heavy atom. The molecule has 0 rings (SSSR count). The summed E-state index contributed by atoms with van der Waals surface area (Å²) in [7, 11) is 0. The van der Waals surface area contributed by atoms with Gasteiger partial charge in [0.05, 0.1) is 6.42 Å². The smallest absolute Gasteiger partial charge is 1.00 e. The molecular weight excluding hydrogens is 249 g/mol. The van der Waals surface area contributed by atoms with E-state index in [9.17, 15) is 4.79 Å². The van der Waals surface area contributed by atoms with Gasteiger partial charge >= 0.3 is 35.5 Å². The zero-order valence-electron chi connectivity index (χ0n) is 14.0. The molecule has 0 radical (unpaired) electrons. The molecule has 0 aliphatic rings. The maximum absolute atomic E-state index is 10.3. The summed E-state index contributed by atoms with van der Waals surface area (Å²) in [6, 6.07) is 0. The van der Waals surface area contributed by atoms with Crippen LogP contribution < -0.4 is 34.9 Å². The summed E-state index contributed by atoms with van der Waals surface area (Å²) in [4.78, 5) is 10.3. The van der Waals surface area contributed by atoms with Crippen LogP contribution in [-0.4, -0.2) is 24.2 Å². The molecule has 0 fully saturated rings. The first-order chi connectivity index (χ1) is 8.77. The van der Waals surface area contributed by atoms with Crippen LogP contribution in [0, 0.1) is 0 Å². The summed E-state index contributed by atoms with van der Waals surface area (Å²) in [6.07, 6.45) is 13.7. The molecule has 110 valence electrons. The quantitative estimate of drug-likeness (QED) is 0.370. The summed E-state index contributed by atoms with van der Waals surface area (Å²) in [5, 5.41) is 11.6. The topological polar surface area (TPSA) is 49.3 Å². The van der Waals surface area contributed by atoms with Gasteiger partial charge in [0.25, 0.3) is 0 Å². The van der Waals surface area contributed by atoms with E-state index in [1.54, 1.807) is 0 Å². The van der Waals surface area contributed by atoms with Crippen molar-refractivity contribution in [3.8, 4) is 0 Å². The van der Waals surface area contributed by atoms with Crippen molar-refractivity contribution >= 4 is 5.97 Å². The van der Waals surface area contributed by atoms with Crippen LogP contribution in [0.15, 0.2) is 0 Å². The van der Waals surface area contributed by atoms with Gasteiger partial charge in [-0.15, -0.1) is 0 Å². The third-order valence-electron chi connectivity index (χ3n) is 3.22. The summed E-state index contributed by atoms with van der Waals surface area (Å²) in [5.41, 5.74) is 0. The molecule has 0 aliphatic heterocycles. The second kappa shape index (κ2) is 18.4. The molecule has 0 aromatic carbocycles. The predicted molar refractivity (Wildman–Crippen MR) is 78.1 cm³/mol. The fraction of sp³-hybridized carbons (Fsp3) is 0.933. The van der Waals surface area contributed by atoms with Crippen molar-refractivity contribution in [2.75, 3.05) is 13.1 Å². The average molecular weight is 281 g/mol. The summed E-state index contributed by atoms with van der Waals surface area (Å²) in [5.74, 6) is -0.717. The van der Waals surface area contributed by atoms with Crippen LogP contribution in [0.2, 0.25) is 0 Å². The first-order valence-electron chi connectivity index (χ1n) is 7.70. The van der Waals surface area contributed by atoms with Crippen LogP contribution in [0.1, 0.15) is 79.0 Å². The first-order valence-corrected chi connectivity index (χ1v) is 7.70. The van der Waals surface area contributed by atoms with Gasteiger partial charge in [0, 0.05) is 6.54 Å². The number of nitrogens with one attached hydrogen (secondary N) is 1. The molecule has 0 amide bonds. The van der Waals surface area contributed by atoms with Gasteiger partial charge in [-0.3, -0.25) is 4.79 Å². The number of unbranched alkanes of at least 4 members (excludes halogenated alkanes) is 9. The van der Waals surface area contributed by atoms with Gasteiger partial charge < -0.3 is 11.8 Å². The maximum atomic E-state index is 10.3. The van der Waals surface area contributed by atoms with E-state index < -0.39 is 5.97 Å². The average Bonchev–Trinajstić information content (AvgIpc) is 2.34. The molecule has 0 aliphatic carbocycles. The Morgan fingerprint density at radius 3 is 1.84 bits per heavy atom. The van der Waals surface area contributed by atoms with E-state index in [-0.39, 0.29) is 37.4 Å². The third kappa shape index (κ3) is 20.9. The minimum Gasteiger partial charge on any atom is -1.00 e. The Bertz CT molecular complexity index is 195. The zero-order chi connectivity index (χ0) is 13.5. The minimum absolute atomic E-state index is 0. The number of hydrogen-bond acceptors (Lipinski definition) is 2. The normalized spacial score (nSPS) is 10.2. The fourth-order valence-electron chi connectivity index (χ4n) is 2.06. The van der Waals surface area contributed by atoms with Gasteiger partial charge in [-0.1, -0.05) is 64.7 Å². The molecule has 2 N–H and O–H groups in total. The Morgan fingerprint density at radius 1 is 0.895 bits per heavy atom. The van der Waals surface area contributed by atoms with Gasteiger partial charge in [-0.25, -0.2) is 0 Å². The molecule has 19 heavy (non-hydrogen) atoms. The van der Waals surface area contributed by atoms with E-state index in [0.717, 1.165) is 6.54 Å². The Hall–Kier alpha value is 0.430. The molecular formula is C15H32NNaO2. The molecule has 0 atom stereocenters. The van der Waals surface area contributed by atoms with Crippen molar-refractivity contribution in [2.24, 2.45) is 0 Å². The SMILES string of the molecule is CCCCCCCCCCCCNCCC(=O)O.[H-].[Na+]. The molecule has 0 unspecified atom stereocenters. The molecule has 0 aromatic heterocycles. The van der Waals surface area contributed by atoms with Crippen molar-refractivity contribution in [2.45, 2.75) is 77.6 Å². The molecule has 3 nitrogen and oxygen atoms in total. The largest absolute Gasteiger partial charge is 1.00 e. The Labute approximate surface area is 142 Å². The van der Waals surface area contributed by atoms with Crippen molar-refractivity contribution in [1.82, 2.24) is 5.32 Å². The minimum atomic E-state index is -0.717. The van der Waals surface area contributed by atoms with E-state index >= 15 is 0 Å². The van der Waals surface area contributed by atoms with Gasteiger partial charge in [0.1, 0.15) is 0 Å². The van der Waals surface area contributed by atoms with E-state index in [0.29, 0.717) is 6.54 Å². The van der Waals surface area contributed by atoms with Crippen LogP contribution in [0.3, 0.4) is 0 Å². The fourth-order valence-corrected chi connectivity index (χ4v) is 2.06. The van der Waals surface area contributed by atoms with Crippen molar-refractivity contribution in [3.63, 3.8) is 0 Å². The molecule has 0 heterocycles. The molecule has 0 saturated heterocycles. The first kappa shape index (κ1) is 21.7. The number of hydrogen-bond donors (Lipinski definition) is 2. The number of carbonyl (C=O) groups is 1. The molecule has 0 saturated carbocycles. The molecule has 0 bridgehead atoms. The van der Waals surface area contributed by atoms with Gasteiger partial charge in [0.2, 0.25) is 0 Å². The molecule has 4 heteroatoms. The summed E-state index contributed by atoms with van der Waals surface area (Å²) in [6.45, 7) is 3.82. The number of carboxylic acid groups (broad SMARTS) is 1. The van der Waals surface area contributed by atoms with Gasteiger partial charge in [-0.2, -0.15) is 0 Å². The van der Waals surface area contributed by atoms with E-state index in [2.05, 4.69) is 12.2 Å². The van der Waals surface area contributed by atoms with Gasteiger partial charge in [0.15, 0.2) is 0 Å². The summed E-state index contributed by atoms with van der Waals surface area (Å²) >= 11 is 0. The van der Waals surface area contributed by atoms with E-state index in [1.807, 2.05) is 0 Å². The standard InChI is InChI=1S/C15H31NO2.Na.H/c1-2-3-4-5-6-7-8-9-10-11-13-16-14-12-15(17)18;;/h16H,2-14H2,1H3,(H,17,18);;/q;+1;-1. The Balaban J connectivity index is -0.00000144. The number of aliphatic carboxylic acids is 1. The predicted octanol–water partition coefficient (Wildman–Crippen LogP) is 1.09. The van der Waals surface area contributed by atoms with Crippen LogP contribution in [0.5, 0.6) is 0 Å². The number of carboxylic acids is 1. The number of rotatable bonds is 14. The van der Waals surface area contributed by atoms with Crippen molar-refractivity contribution < 1.29 is 40.9 Å². The van der Waals surface area contributed by atoms with Crippen LogP contribution >= 0.6 is 0 Å². The second-order valence-electron chi connectivity index (χ2n) is 5.08. The third-order valence-corrected chi connectivity index (χ3v) is 3.22.